The van der Waals surface area contributed by atoms with Crippen LogP contribution in [0.3, 0.4) is 0 Å². The van der Waals surface area contributed by atoms with Gasteiger partial charge in [-0.2, -0.15) is 0 Å². The molecule has 1 amide bonds. The Labute approximate surface area is 211 Å². The van der Waals surface area contributed by atoms with E-state index in [9.17, 15) is 4.79 Å². The Bertz CT molecular complexity index is 1210. The molecule has 0 aromatic heterocycles. The molecule has 1 aliphatic heterocycles. The van der Waals surface area contributed by atoms with E-state index in [1.165, 1.54) is 21.3 Å². The summed E-state index contributed by atoms with van der Waals surface area (Å²) in [6.45, 7) is 0.509. The zero-order valence-electron chi connectivity index (χ0n) is 21.4. The van der Waals surface area contributed by atoms with Crippen LogP contribution >= 0.6 is 0 Å². The van der Waals surface area contributed by atoms with E-state index in [4.69, 9.17) is 28.4 Å². The minimum absolute atomic E-state index is 0.157. The molecule has 0 unspecified atom stereocenters. The van der Waals surface area contributed by atoms with Gasteiger partial charge in [-0.15, -0.1) is 0 Å². The van der Waals surface area contributed by atoms with E-state index in [-0.39, 0.29) is 11.9 Å². The first-order valence-corrected chi connectivity index (χ1v) is 11.5. The number of amides is 1. The maximum Gasteiger partial charge on any atom is 0.254 e. The number of nitrogens with zero attached hydrogens (tertiary/aromatic N) is 1. The van der Waals surface area contributed by atoms with Crippen LogP contribution in [0.2, 0.25) is 0 Å². The lowest BCUT2D eigenvalue weighted by molar-refractivity contribution is 0.0693. The molecule has 1 heterocycles. The van der Waals surface area contributed by atoms with E-state index in [0.29, 0.717) is 47.3 Å². The SMILES string of the molecule is COc1ccc([C@@H]2c3cc(OC)c(OC)cc3CCN2C(=O)c2cc(OC)c(OC)c(OC)c2)cc1. The zero-order chi connectivity index (χ0) is 25.8. The number of fused-ring (bicyclic) bond motifs is 1. The fourth-order valence-electron chi connectivity index (χ4n) is 4.68. The second kappa shape index (κ2) is 10.7. The maximum absolute atomic E-state index is 14.0. The van der Waals surface area contributed by atoms with Crippen molar-refractivity contribution in [2.24, 2.45) is 0 Å². The standard InChI is InChI=1S/C28H31NO7/c1-31-20-9-7-17(8-10-20)26-21-16-23(33-3)22(32-2)13-18(21)11-12-29(26)28(30)19-14-24(34-4)27(36-6)25(15-19)35-5/h7-10,13-16,26H,11-12H2,1-6H3/t26-/m1/s1. The molecule has 0 N–H and O–H groups in total. The number of carbonyl (C=O) groups is 1. The first kappa shape index (κ1) is 25.0. The molecule has 4 rings (SSSR count). The summed E-state index contributed by atoms with van der Waals surface area (Å²) in [4.78, 5) is 15.9. The van der Waals surface area contributed by atoms with Gasteiger partial charge in [-0.1, -0.05) is 12.1 Å². The number of carbonyl (C=O) groups excluding carboxylic acids is 1. The van der Waals surface area contributed by atoms with Crippen LogP contribution in [-0.2, 0) is 6.42 Å². The van der Waals surface area contributed by atoms with Gasteiger partial charge in [0.05, 0.1) is 48.7 Å². The van der Waals surface area contributed by atoms with E-state index in [2.05, 4.69) is 0 Å². The molecular formula is C28H31NO7. The topological polar surface area (TPSA) is 75.7 Å². The largest absolute Gasteiger partial charge is 0.497 e. The van der Waals surface area contributed by atoms with Gasteiger partial charge >= 0.3 is 0 Å². The van der Waals surface area contributed by atoms with E-state index in [1.54, 1.807) is 33.5 Å². The molecule has 0 bridgehead atoms. The molecule has 3 aromatic rings. The fourth-order valence-corrected chi connectivity index (χ4v) is 4.68. The molecule has 8 heteroatoms. The van der Waals surface area contributed by atoms with Gasteiger partial charge in [0.2, 0.25) is 5.75 Å². The van der Waals surface area contributed by atoms with Crippen LogP contribution in [0.1, 0.15) is 33.1 Å². The molecule has 1 aliphatic rings. The van der Waals surface area contributed by atoms with Crippen LogP contribution in [-0.4, -0.2) is 60.0 Å². The average molecular weight is 494 g/mol. The Hall–Kier alpha value is -4.07. The van der Waals surface area contributed by atoms with Gasteiger partial charge in [-0.3, -0.25) is 4.79 Å². The van der Waals surface area contributed by atoms with Crippen molar-refractivity contribution >= 4 is 5.91 Å². The van der Waals surface area contributed by atoms with E-state index in [0.717, 1.165) is 22.4 Å². The fraction of sp³-hybridized carbons (Fsp3) is 0.321. The third-order valence-electron chi connectivity index (χ3n) is 6.48. The second-order valence-corrected chi connectivity index (χ2v) is 8.24. The van der Waals surface area contributed by atoms with Crippen molar-refractivity contribution in [2.75, 3.05) is 49.2 Å². The molecule has 0 radical (unpaired) electrons. The summed E-state index contributed by atoms with van der Waals surface area (Å²) in [5.41, 5.74) is 3.46. The first-order valence-electron chi connectivity index (χ1n) is 11.5. The highest BCUT2D eigenvalue weighted by molar-refractivity contribution is 5.96. The highest BCUT2D eigenvalue weighted by Crippen LogP contribution is 2.43. The van der Waals surface area contributed by atoms with Crippen molar-refractivity contribution in [1.29, 1.82) is 0 Å². The summed E-state index contributed by atoms with van der Waals surface area (Å²) in [6, 6.07) is 14.7. The van der Waals surface area contributed by atoms with Crippen LogP contribution in [0.15, 0.2) is 48.5 Å². The van der Waals surface area contributed by atoms with Gasteiger partial charge in [-0.25, -0.2) is 0 Å². The number of rotatable bonds is 8. The summed E-state index contributed by atoms with van der Waals surface area (Å²) in [5.74, 6) is 3.13. The first-order chi connectivity index (χ1) is 17.5. The van der Waals surface area contributed by atoms with Gasteiger partial charge < -0.3 is 33.3 Å². The van der Waals surface area contributed by atoms with Crippen LogP contribution < -0.4 is 28.4 Å². The summed E-state index contributed by atoms with van der Waals surface area (Å²) in [7, 11) is 9.45. The maximum atomic E-state index is 14.0. The lowest BCUT2D eigenvalue weighted by atomic mass is 9.87. The third kappa shape index (κ3) is 4.46. The molecule has 36 heavy (non-hydrogen) atoms. The summed E-state index contributed by atoms with van der Waals surface area (Å²) in [6.07, 6.45) is 0.665. The van der Waals surface area contributed by atoms with Gasteiger partial charge in [0.15, 0.2) is 23.0 Å². The Morgan fingerprint density at radius 2 is 1.31 bits per heavy atom. The molecule has 190 valence electrons. The molecule has 0 saturated carbocycles. The molecule has 3 aromatic carbocycles. The monoisotopic (exact) mass is 493 g/mol. The lowest BCUT2D eigenvalue weighted by Crippen LogP contribution is -2.40. The Morgan fingerprint density at radius 1 is 0.722 bits per heavy atom. The second-order valence-electron chi connectivity index (χ2n) is 8.24. The Morgan fingerprint density at radius 3 is 1.83 bits per heavy atom. The van der Waals surface area contributed by atoms with Crippen LogP contribution in [0.4, 0.5) is 0 Å². The van der Waals surface area contributed by atoms with Gasteiger partial charge in [0.1, 0.15) is 5.75 Å². The van der Waals surface area contributed by atoms with Gasteiger partial charge in [0, 0.05) is 12.1 Å². The quantitative estimate of drug-likeness (QED) is 0.457. The van der Waals surface area contributed by atoms with Gasteiger partial charge in [0.25, 0.3) is 5.91 Å². The lowest BCUT2D eigenvalue weighted by Gasteiger charge is -2.38. The third-order valence-corrected chi connectivity index (χ3v) is 6.48. The van der Waals surface area contributed by atoms with Crippen LogP contribution in [0.5, 0.6) is 34.5 Å². The number of benzene rings is 3. The van der Waals surface area contributed by atoms with E-state index < -0.39 is 0 Å². The average Bonchev–Trinajstić information content (AvgIpc) is 2.94. The molecule has 0 saturated heterocycles. The van der Waals surface area contributed by atoms with Crippen molar-refractivity contribution in [3.05, 3.63) is 70.8 Å². The highest BCUT2D eigenvalue weighted by atomic mass is 16.5. The summed E-state index contributed by atoms with van der Waals surface area (Å²) >= 11 is 0. The molecule has 1 atom stereocenters. The Kier molecular flexibility index (Phi) is 7.43. The van der Waals surface area contributed by atoms with Crippen molar-refractivity contribution in [3.8, 4) is 34.5 Å². The Balaban J connectivity index is 1.85. The number of ether oxygens (including phenoxy) is 6. The molecule has 8 nitrogen and oxygen atoms in total. The highest BCUT2D eigenvalue weighted by Gasteiger charge is 2.34. The molecule has 0 fully saturated rings. The van der Waals surface area contributed by atoms with Crippen molar-refractivity contribution in [3.63, 3.8) is 0 Å². The van der Waals surface area contributed by atoms with Crippen molar-refractivity contribution < 1.29 is 33.2 Å². The summed E-state index contributed by atoms with van der Waals surface area (Å²) < 4.78 is 32.9. The van der Waals surface area contributed by atoms with E-state index >= 15 is 0 Å². The minimum atomic E-state index is -0.356. The predicted molar refractivity (Wildman–Crippen MR) is 135 cm³/mol. The normalized spacial score (nSPS) is 14.5. The van der Waals surface area contributed by atoms with E-state index in [1.807, 2.05) is 41.3 Å². The zero-order valence-corrected chi connectivity index (χ0v) is 21.4. The number of methoxy groups -OCH3 is 6. The van der Waals surface area contributed by atoms with Crippen molar-refractivity contribution in [2.45, 2.75) is 12.5 Å². The summed E-state index contributed by atoms with van der Waals surface area (Å²) in [5, 5.41) is 0. The number of hydrogen-bond donors (Lipinski definition) is 0. The smallest absolute Gasteiger partial charge is 0.254 e. The van der Waals surface area contributed by atoms with Crippen LogP contribution in [0, 0.1) is 0 Å². The molecular weight excluding hydrogens is 462 g/mol. The van der Waals surface area contributed by atoms with Crippen LogP contribution in [0.25, 0.3) is 0 Å². The molecule has 0 aliphatic carbocycles. The number of hydrogen-bond acceptors (Lipinski definition) is 7. The minimum Gasteiger partial charge on any atom is -0.497 e. The molecule has 0 spiro atoms. The predicted octanol–water partition coefficient (Wildman–Crippen LogP) is 4.53. The van der Waals surface area contributed by atoms with Gasteiger partial charge in [-0.05, 0) is 59.5 Å². The van der Waals surface area contributed by atoms with Crippen molar-refractivity contribution in [1.82, 2.24) is 4.90 Å².